The molecule has 1 N–H and O–H groups in total. The van der Waals surface area contributed by atoms with Crippen LogP contribution in [0.5, 0.6) is 0 Å². The molecule has 0 saturated heterocycles. The van der Waals surface area contributed by atoms with Gasteiger partial charge in [-0.2, -0.15) is 0 Å². The molecule has 0 radical (unpaired) electrons. The van der Waals surface area contributed by atoms with Gasteiger partial charge >= 0.3 is 0 Å². The molecule has 104 valence electrons. The van der Waals surface area contributed by atoms with Crippen molar-refractivity contribution >= 4 is 5.82 Å². The quantitative estimate of drug-likeness (QED) is 0.873. The van der Waals surface area contributed by atoms with Gasteiger partial charge in [0.25, 0.3) is 0 Å². The average Bonchev–Trinajstić information content (AvgIpc) is 2.38. The summed E-state index contributed by atoms with van der Waals surface area (Å²) in [6.45, 7) is 8.47. The highest BCUT2D eigenvalue weighted by Crippen LogP contribution is 2.24. The highest BCUT2D eigenvalue weighted by Gasteiger charge is 2.17. The van der Waals surface area contributed by atoms with E-state index in [0.717, 1.165) is 17.9 Å². The summed E-state index contributed by atoms with van der Waals surface area (Å²) in [5.41, 5.74) is 1.08. The van der Waals surface area contributed by atoms with Crippen LogP contribution in [0.25, 0.3) is 0 Å². The molecule has 1 unspecified atom stereocenters. The zero-order chi connectivity index (χ0) is 14.1. The Morgan fingerprint density at radius 1 is 1.22 bits per heavy atom. The fourth-order valence-corrected chi connectivity index (χ4v) is 1.73. The Morgan fingerprint density at radius 3 is 2.28 bits per heavy atom. The first-order valence-electron chi connectivity index (χ1n) is 6.70. The predicted molar refractivity (Wildman–Crippen MR) is 78.8 cm³/mol. The molecule has 0 aromatic carbocycles. The molecular formula is C14H28N4. The summed E-state index contributed by atoms with van der Waals surface area (Å²) in [5, 5.41) is 3.04. The number of nitrogens with one attached hydrogen (secondary N) is 1. The Labute approximate surface area is 112 Å². The Morgan fingerprint density at radius 2 is 1.83 bits per heavy atom. The molecule has 1 aromatic rings. The number of anilines is 1. The number of rotatable bonds is 5. The number of hydrogen-bond acceptors (Lipinski definition) is 4. The van der Waals surface area contributed by atoms with E-state index in [-0.39, 0.29) is 0 Å². The van der Waals surface area contributed by atoms with Crippen molar-refractivity contribution in [1.29, 1.82) is 0 Å². The SMILES string of the molecule is CC.CNc1cc(C(CC(C)C)N(C)C)ncn1. The van der Waals surface area contributed by atoms with E-state index in [1.807, 2.05) is 27.0 Å². The van der Waals surface area contributed by atoms with E-state index < -0.39 is 0 Å². The number of hydrogen-bond donors (Lipinski definition) is 1. The molecular weight excluding hydrogens is 224 g/mol. The average molecular weight is 252 g/mol. The first-order chi connectivity index (χ1) is 8.54. The van der Waals surface area contributed by atoms with Gasteiger partial charge in [0.15, 0.2) is 0 Å². The summed E-state index contributed by atoms with van der Waals surface area (Å²) in [7, 11) is 6.06. The Kier molecular flexibility index (Phi) is 8.29. The van der Waals surface area contributed by atoms with Crippen LogP contribution in [0.15, 0.2) is 12.4 Å². The predicted octanol–water partition coefficient (Wildman–Crippen LogP) is 3.19. The fourth-order valence-electron chi connectivity index (χ4n) is 1.73. The highest BCUT2D eigenvalue weighted by molar-refractivity contribution is 5.34. The second-order valence-corrected chi connectivity index (χ2v) is 4.69. The van der Waals surface area contributed by atoms with Crippen LogP contribution in [0.3, 0.4) is 0 Å². The smallest absolute Gasteiger partial charge is 0.129 e. The highest BCUT2D eigenvalue weighted by atomic mass is 15.1. The van der Waals surface area contributed by atoms with Crippen molar-refractivity contribution in [2.75, 3.05) is 26.5 Å². The largest absolute Gasteiger partial charge is 0.373 e. The standard InChI is InChI=1S/C12H22N4.C2H6/c1-9(2)6-11(16(4)5)10-7-12(13-3)15-8-14-10;1-2/h7-9,11H,6H2,1-5H3,(H,13,14,15);1-2H3. The lowest BCUT2D eigenvalue weighted by Gasteiger charge is -2.25. The molecule has 4 nitrogen and oxygen atoms in total. The molecule has 1 atom stereocenters. The van der Waals surface area contributed by atoms with Gasteiger partial charge in [0.1, 0.15) is 12.1 Å². The minimum absolute atomic E-state index is 0.357. The van der Waals surface area contributed by atoms with Gasteiger partial charge in [-0.3, -0.25) is 0 Å². The maximum atomic E-state index is 4.37. The zero-order valence-electron chi connectivity index (χ0n) is 12.9. The summed E-state index contributed by atoms with van der Waals surface area (Å²) in [5.74, 6) is 1.53. The van der Waals surface area contributed by atoms with Crippen LogP contribution >= 0.6 is 0 Å². The van der Waals surface area contributed by atoms with Gasteiger partial charge < -0.3 is 10.2 Å². The van der Waals surface area contributed by atoms with E-state index in [1.54, 1.807) is 6.33 Å². The van der Waals surface area contributed by atoms with Gasteiger partial charge in [0.05, 0.1) is 11.7 Å². The van der Waals surface area contributed by atoms with E-state index in [2.05, 4.69) is 48.1 Å². The van der Waals surface area contributed by atoms with Crippen molar-refractivity contribution < 1.29 is 0 Å². The van der Waals surface area contributed by atoms with Gasteiger partial charge in [-0.05, 0) is 26.4 Å². The van der Waals surface area contributed by atoms with E-state index in [1.165, 1.54) is 0 Å². The van der Waals surface area contributed by atoms with Crippen molar-refractivity contribution in [1.82, 2.24) is 14.9 Å². The summed E-state index contributed by atoms with van der Waals surface area (Å²) >= 11 is 0. The van der Waals surface area contributed by atoms with E-state index >= 15 is 0 Å². The van der Waals surface area contributed by atoms with Crippen molar-refractivity contribution in [2.24, 2.45) is 5.92 Å². The topological polar surface area (TPSA) is 41.0 Å². The summed E-state index contributed by atoms with van der Waals surface area (Å²) in [6, 6.07) is 2.38. The van der Waals surface area contributed by atoms with Crippen LogP contribution in [0, 0.1) is 5.92 Å². The molecule has 0 amide bonds. The van der Waals surface area contributed by atoms with Gasteiger partial charge in [0, 0.05) is 13.1 Å². The minimum Gasteiger partial charge on any atom is -0.373 e. The van der Waals surface area contributed by atoms with Gasteiger partial charge in [0.2, 0.25) is 0 Å². The molecule has 18 heavy (non-hydrogen) atoms. The van der Waals surface area contributed by atoms with E-state index in [0.29, 0.717) is 12.0 Å². The fraction of sp³-hybridized carbons (Fsp3) is 0.714. The normalized spacial score (nSPS) is 12.1. The molecule has 0 aliphatic heterocycles. The lowest BCUT2D eigenvalue weighted by Crippen LogP contribution is -2.22. The van der Waals surface area contributed by atoms with E-state index in [9.17, 15) is 0 Å². The lowest BCUT2D eigenvalue weighted by molar-refractivity contribution is 0.254. The Balaban J connectivity index is 0.00000137. The summed E-state index contributed by atoms with van der Waals surface area (Å²) in [6.07, 6.45) is 2.73. The third-order valence-electron chi connectivity index (χ3n) is 2.60. The number of nitrogens with zero attached hydrogens (tertiary/aromatic N) is 3. The molecule has 0 aliphatic rings. The van der Waals surface area contributed by atoms with Crippen LogP contribution in [0.2, 0.25) is 0 Å². The van der Waals surface area contributed by atoms with Crippen LogP contribution in [0.1, 0.15) is 45.9 Å². The van der Waals surface area contributed by atoms with Gasteiger partial charge in [-0.25, -0.2) is 9.97 Å². The Bertz CT molecular complexity index is 323. The third kappa shape index (κ3) is 5.45. The van der Waals surface area contributed by atoms with Crippen LogP contribution in [-0.4, -0.2) is 36.0 Å². The van der Waals surface area contributed by atoms with Crippen LogP contribution in [0.4, 0.5) is 5.82 Å². The maximum absolute atomic E-state index is 4.37. The third-order valence-corrected chi connectivity index (χ3v) is 2.60. The van der Waals surface area contributed by atoms with Crippen molar-refractivity contribution in [3.8, 4) is 0 Å². The lowest BCUT2D eigenvalue weighted by atomic mass is 10.00. The number of aromatic nitrogens is 2. The van der Waals surface area contributed by atoms with Gasteiger partial charge in [-0.1, -0.05) is 27.7 Å². The first kappa shape index (κ1) is 16.8. The Hall–Kier alpha value is -1.16. The summed E-state index contributed by atoms with van der Waals surface area (Å²) in [4.78, 5) is 10.7. The monoisotopic (exact) mass is 252 g/mol. The molecule has 4 heteroatoms. The van der Waals surface area contributed by atoms with Crippen LogP contribution < -0.4 is 5.32 Å². The van der Waals surface area contributed by atoms with Gasteiger partial charge in [-0.15, -0.1) is 0 Å². The molecule has 1 aromatic heterocycles. The first-order valence-corrected chi connectivity index (χ1v) is 6.70. The molecule has 1 rings (SSSR count). The van der Waals surface area contributed by atoms with E-state index in [4.69, 9.17) is 0 Å². The molecule has 0 fully saturated rings. The molecule has 0 bridgehead atoms. The van der Waals surface area contributed by atoms with Crippen molar-refractivity contribution in [3.63, 3.8) is 0 Å². The maximum Gasteiger partial charge on any atom is 0.129 e. The van der Waals surface area contributed by atoms with Crippen LogP contribution in [-0.2, 0) is 0 Å². The molecule has 0 spiro atoms. The zero-order valence-corrected chi connectivity index (χ0v) is 12.9. The second kappa shape index (κ2) is 8.86. The minimum atomic E-state index is 0.357. The molecule has 0 aliphatic carbocycles. The molecule has 0 saturated carbocycles. The van der Waals surface area contributed by atoms with Crippen molar-refractivity contribution in [2.45, 2.75) is 40.2 Å². The molecule has 1 heterocycles. The summed E-state index contributed by atoms with van der Waals surface area (Å²) < 4.78 is 0. The van der Waals surface area contributed by atoms with Crippen molar-refractivity contribution in [3.05, 3.63) is 18.1 Å². The second-order valence-electron chi connectivity index (χ2n) is 4.69.